The van der Waals surface area contributed by atoms with Crippen molar-refractivity contribution >= 4 is 17.6 Å². The summed E-state index contributed by atoms with van der Waals surface area (Å²) in [5, 5.41) is 2.74. The van der Waals surface area contributed by atoms with Crippen LogP contribution >= 0.6 is 0 Å². The van der Waals surface area contributed by atoms with E-state index in [0.717, 1.165) is 18.5 Å². The van der Waals surface area contributed by atoms with Gasteiger partial charge in [0.25, 0.3) is 0 Å². The Balaban J connectivity index is 1.85. The van der Waals surface area contributed by atoms with Gasteiger partial charge in [0.1, 0.15) is 6.42 Å². The van der Waals surface area contributed by atoms with Crippen molar-refractivity contribution in [1.82, 2.24) is 5.32 Å². The summed E-state index contributed by atoms with van der Waals surface area (Å²) in [7, 11) is 2.08. The molecule has 0 unspecified atom stereocenters. The second-order valence-corrected chi connectivity index (χ2v) is 4.89. The average molecular weight is 276 g/mol. The fraction of sp³-hybridized carbons (Fsp3) is 0.467. The molecule has 1 aromatic rings. The predicted octanol–water partition coefficient (Wildman–Crippen LogP) is 1.25. The number of likely N-dealkylation sites (N-methyl/N-ethyl adjacent to an activating group) is 1. The number of rotatable bonds is 5. The molecule has 5 nitrogen and oxygen atoms in total. The monoisotopic (exact) mass is 276 g/mol. The van der Waals surface area contributed by atoms with Crippen molar-refractivity contribution in [2.75, 3.05) is 25.1 Å². The van der Waals surface area contributed by atoms with E-state index in [2.05, 4.69) is 29.4 Å². The van der Waals surface area contributed by atoms with Crippen molar-refractivity contribution in [2.24, 2.45) is 0 Å². The van der Waals surface area contributed by atoms with Gasteiger partial charge in [-0.1, -0.05) is 12.1 Å². The summed E-state index contributed by atoms with van der Waals surface area (Å²) in [5.41, 5.74) is 3.62. The van der Waals surface area contributed by atoms with Crippen LogP contribution in [-0.4, -0.2) is 32.1 Å². The number of ether oxygens (including phenoxy) is 1. The van der Waals surface area contributed by atoms with Gasteiger partial charge < -0.3 is 15.0 Å². The lowest BCUT2D eigenvalue weighted by Gasteiger charge is -2.12. The van der Waals surface area contributed by atoms with E-state index in [-0.39, 0.29) is 12.3 Å². The second kappa shape index (κ2) is 6.41. The van der Waals surface area contributed by atoms with Crippen LogP contribution in [0.15, 0.2) is 18.2 Å². The molecule has 1 aliphatic heterocycles. The first-order chi connectivity index (χ1) is 9.60. The van der Waals surface area contributed by atoms with Crippen LogP contribution in [0.2, 0.25) is 0 Å². The molecule has 2 rings (SSSR count). The molecule has 0 aliphatic carbocycles. The van der Waals surface area contributed by atoms with Gasteiger partial charge in [0.2, 0.25) is 5.91 Å². The fourth-order valence-electron chi connectivity index (χ4n) is 2.34. The standard InChI is InChI=1S/C15H20N2O3/c1-3-20-15(19)9-14(18)16-10-11-4-5-13-12(8-11)6-7-17(13)2/h4-5,8H,3,6-7,9-10H2,1-2H3,(H,16,18). The van der Waals surface area contributed by atoms with E-state index in [1.807, 2.05) is 6.07 Å². The van der Waals surface area contributed by atoms with E-state index >= 15 is 0 Å². The molecular weight excluding hydrogens is 256 g/mol. The largest absolute Gasteiger partial charge is 0.466 e. The Morgan fingerprint density at radius 1 is 1.40 bits per heavy atom. The molecule has 0 aromatic heterocycles. The molecule has 0 saturated heterocycles. The van der Waals surface area contributed by atoms with Gasteiger partial charge in [0.15, 0.2) is 0 Å². The quantitative estimate of drug-likeness (QED) is 0.649. The molecule has 20 heavy (non-hydrogen) atoms. The molecule has 0 atom stereocenters. The van der Waals surface area contributed by atoms with E-state index in [9.17, 15) is 9.59 Å². The number of hydrogen-bond donors (Lipinski definition) is 1. The average Bonchev–Trinajstić information content (AvgIpc) is 2.78. The van der Waals surface area contributed by atoms with E-state index in [1.54, 1.807) is 6.92 Å². The summed E-state index contributed by atoms with van der Waals surface area (Å²) >= 11 is 0. The summed E-state index contributed by atoms with van der Waals surface area (Å²) in [6.07, 6.45) is 0.817. The van der Waals surface area contributed by atoms with Gasteiger partial charge >= 0.3 is 5.97 Å². The Morgan fingerprint density at radius 2 is 2.20 bits per heavy atom. The summed E-state index contributed by atoms with van der Waals surface area (Å²) < 4.78 is 4.73. The number of amides is 1. The maximum Gasteiger partial charge on any atom is 0.315 e. The third-order valence-electron chi connectivity index (χ3n) is 3.37. The van der Waals surface area contributed by atoms with Crippen molar-refractivity contribution in [1.29, 1.82) is 0 Å². The second-order valence-electron chi connectivity index (χ2n) is 4.89. The molecule has 0 radical (unpaired) electrons. The number of anilines is 1. The van der Waals surface area contributed by atoms with Crippen molar-refractivity contribution in [2.45, 2.75) is 26.3 Å². The van der Waals surface area contributed by atoms with Crippen LogP contribution in [0.3, 0.4) is 0 Å². The van der Waals surface area contributed by atoms with Crippen LogP contribution in [0.25, 0.3) is 0 Å². The van der Waals surface area contributed by atoms with Crippen LogP contribution < -0.4 is 10.2 Å². The minimum Gasteiger partial charge on any atom is -0.466 e. The zero-order valence-electron chi connectivity index (χ0n) is 11.9. The van der Waals surface area contributed by atoms with E-state index in [0.29, 0.717) is 13.2 Å². The summed E-state index contributed by atoms with van der Waals surface area (Å²) in [5.74, 6) is -0.790. The van der Waals surface area contributed by atoms with Crippen LogP contribution in [0.1, 0.15) is 24.5 Å². The predicted molar refractivity (Wildman–Crippen MR) is 76.5 cm³/mol. The Labute approximate surface area is 118 Å². The molecule has 0 fully saturated rings. The van der Waals surface area contributed by atoms with Gasteiger partial charge in [0, 0.05) is 25.8 Å². The lowest BCUT2D eigenvalue weighted by atomic mass is 10.1. The molecule has 1 aromatic carbocycles. The maximum absolute atomic E-state index is 11.6. The Kier molecular flexibility index (Phi) is 4.61. The van der Waals surface area contributed by atoms with Crippen LogP contribution in [0, 0.1) is 0 Å². The first kappa shape index (κ1) is 14.4. The highest BCUT2D eigenvalue weighted by Gasteiger charge is 2.16. The minimum atomic E-state index is -0.486. The topological polar surface area (TPSA) is 58.6 Å². The van der Waals surface area contributed by atoms with Crippen molar-refractivity contribution < 1.29 is 14.3 Å². The summed E-state index contributed by atoms with van der Waals surface area (Å²) in [6, 6.07) is 6.20. The van der Waals surface area contributed by atoms with Crippen molar-refractivity contribution in [3.63, 3.8) is 0 Å². The molecule has 1 aliphatic rings. The lowest BCUT2D eigenvalue weighted by molar-refractivity contribution is -0.146. The summed E-state index contributed by atoms with van der Waals surface area (Å²) in [4.78, 5) is 25.0. The number of carbonyl (C=O) groups excluding carboxylic acids is 2. The van der Waals surface area contributed by atoms with E-state index < -0.39 is 5.97 Å². The third-order valence-corrected chi connectivity index (χ3v) is 3.37. The van der Waals surface area contributed by atoms with Crippen LogP contribution in [0.4, 0.5) is 5.69 Å². The molecule has 1 heterocycles. The maximum atomic E-state index is 11.6. The van der Waals surface area contributed by atoms with Crippen LogP contribution in [-0.2, 0) is 27.3 Å². The number of hydrogen-bond acceptors (Lipinski definition) is 4. The number of benzene rings is 1. The smallest absolute Gasteiger partial charge is 0.315 e. The van der Waals surface area contributed by atoms with Gasteiger partial charge in [-0.15, -0.1) is 0 Å². The van der Waals surface area contributed by atoms with Crippen molar-refractivity contribution in [3.8, 4) is 0 Å². The summed E-state index contributed by atoms with van der Waals surface area (Å²) in [6.45, 7) is 3.49. The molecule has 0 saturated carbocycles. The fourth-order valence-corrected chi connectivity index (χ4v) is 2.34. The molecular formula is C15H20N2O3. The van der Waals surface area contributed by atoms with E-state index in [1.165, 1.54) is 11.3 Å². The number of nitrogens with zero attached hydrogens (tertiary/aromatic N) is 1. The molecule has 5 heteroatoms. The highest BCUT2D eigenvalue weighted by Crippen LogP contribution is 2.27. The SMILES string of the molecule is CCOC(=O)CC(=O)NCc1ccc2c(c1)CCN2C. The van der Waals surface area contributed by atoms with Gasteiger partial charge in [-0.25, -0.2) is 0 Å². The normalized spacial score (nSPS) is 13.0. The van der Waals surface area contributed by atoms with Crippen LogP contribution in [0.5, 0.6) is 0 Å². The highest BCUT2D eigenvalue weighted by atomic mass is 16.5. The lowest BCUT2D eigenvalue weighted by Crippen LogP contribution is -2.26. The third kappa shape index (κ3) is 3.50. The van der Waals surface area contributed by atoms with Gasteiger partial charge in [-0.2, -0.15) is 0 Å². The first-order valence-electron chi connectivity index (χ1n) is 6.85. The minimum absolute atomic E-state index is 0.221. The molecule has 0 spiro atoms. The molecule has 108 valence electrons. The van der Waals surface area contributed by atoms with Gasteiger partial charge in [-0.05, 0) is 30.5 Å². The zero-order valence-corrected chi connectivity index (χ0v) is 11.9. The number of carbonyl (C=O) groups is 2. The van der Waals surface area contributed by atoms with Crippen molar-refractivity contribution in [3.05, 3.63) is 29.3 Å². The van der Waals surface area contributed by atoms with Gasteiger partial charge in [0.05, 0.1) is 6.61 Å². The number of esters is 1. The van der Waals surface area contributed by atoms with Gasteiger partial charge in [-0.3, -0.25) is 9.59 Å². The number of nitrogens with one attached hydrogen (secondary N) is 1. The molecule has 0 bridgehead atoms. The Hall–Kier alpha value is -2.04. The highest BCUT2D eigenvalue weighted by molar-refractivity contribution is 5.94. The Morgan fingerprint density at radius 3 is 2.95 bits per heavy atom. The zero-order chi connectivity index (χ0) is 14.5. The number of fused-ring (bicyclic) bond motifs is 1. The van der Waals surface area contributed by atoms with E-state index in [4.69, 9.17) is 4.74 Å². The first-order valence-corrected chi connectivity index (χ1v) is 6.85. The molecule has 1 amide bonds. The Bertz CT molecular complexity index is 514. The molecule has 1 N–H and O–H groups in total.